The Morgan fingerprint density at radius 2 is 2.09 bits per heavy atom. The standard InChI is InChI=1S/C18H27NO3/c1-17(2)15(19-12-18(20)8-9-21-13-18)10-16(17)22-11-14-6-4-3-5-7-14/h3-7,15-16,19-20H,8-13H2,1-2H3/t15-,16-,18-/m1/s1. The number of nitrogens with one attached hydrogen (secondary N) is 1. The van der Waals surface area contributed by atoms with E-state index >= 15 is 0 Å². The summed E-state index contributed by atoms with van der Waals surface area (Å²) in [5, 5.41) is 13.8. The summed E-state index contributed by atoms with van der Waals surface area (Å²) in [7, 11) is 0. The SMILES string of the molecule is CC1(C)[C@H](NC[C@]2(O)CCOC2)C[C@H]1OCc1ccccc1. The van der Waals surface area contributed by atoms with Crippen molar-refractivity contribution >= 4 is 0 Å². The van der Waals surface area contributed by atoms with Crippen molar-refractivity contribution < 1.29 is 14.6 Å². The van der Waals surface area contributed by atoms with Crippen LogP contribution >= 0.6 is 0 Å². The van der Waals surface area contributed by atoms with Crippen LogP contribution in [0, 0.1) is 5.41 Å². The van der Waals surface area contributed by atoms with Crippen molar-refractivity contribution in [3.63, 3.8) is 0 Å². The highest BCUT2D eigenvalue weighted by molar-refractivity contribution is 5.14. The van der Waals surface area contributed by atoms with Crippen LogP contribution in [-0.2, 0) is 16.1 Å². The van der Waals surface area contributed by atoms with Crippen molar-refractivity contribution in [1.29, 1.82) is 0 Å². The summed E-state index contributed by atoms with van der Waals surface area (Å²) in [6, 6.07) is 10.7. The van der Waals surface area contributed by atoms with Gasteiger partial charge in [0.2, 0.25) is 0 Å². The molecular formula is C18H27NO3. The maximum atomic E-state index is 10.3. The fourth-order valence-corrected chi connectivity index (χ4v) is 3.33. The van der Waals surface area contributed by atoms with Crippen molar-refractivity contribution in [2.24, 2.45) is 5.41 Å². The summed E-state index contributed by atoms with van der Waals surface area (Å²) < 4.78 is 11.4. The van der Waals surface area contributed by atoms with Crippen LogP contribution in [0.15, 0.2) is 30.3 Å². The molecule has 3 rings (SSSR count). The Balaban J connectivity index is 1.45. The predicted octanol–water partition coefficient (Wildman–Crippen LogP) is 2.11. The summed E-state index contributed by atoms with van der Waals surface area (Å²) in [4.78, 5) is 0. The third kappa shape index (κ3) is 3.35. The molecule has 22 heavy (non-hydrogen) atoms. The van der Waals surface area contributed by atoms with Crippen LogP contribution in [0.1, 0.15) is 32.3 Å². The van der Waals surface area contributed by atoms with Crippen LogP contribution < -0.4 is 5.32 Å². The molecule has 0 aromatic heterocycles. The number of aliphatic hydroxyl groups is 1. The molecule has 0 radical (unpaired) electrons. The molecule has 0 bridgehead atoms. The van der Waals surface area contributed by atoms with Crippen LogP contribution in [0.5, 0.6) is 0 Å². The van der Waals surface area contributed by atoms with E-state index in [0.717, 1.165) is 12.8 Å². The molecule has 0 amide bonds. The van der Waals surface area contributed by atoms with E-state index in [1.807, 2.05) is 18.2 Å². The molecule has 1 saturated heterocycles. The van der Waals surface area contributed by atoms with E-state index in [1.54, 1.807) is 0 Å². The van der Waals surface area contributed by atoms with Crippen LogP contribution in [0.25, 0.3) is 0 Å². The average Bonchev–Trinajstić information content (AvgIpc) is 2.93. The summed E-state index contributed by atoms with van der Waals surface area (Å²) in [5.41, 5.74) is 0.614. The van der Waals surface area contributed by atoms with E-state index < -0.39 is 5.60 Å². The second kappa shape index (κ2) is 6.28. The molecule has 1 saturated carbocycles. The predicted molar refractivity (Wildman–Crippen MR) is 85.6 cm³/mol. The molecule has 0 spiro atoms. The van der Waals surface area contributed by atoms with Crippen molar-refractivity contribution in [1.82, 2.24) is 5.32 Å². The van der Waals surface area contributed by atoms with Gasteiger partial charge in [0.05, 0.1) is 19.3 Å². The molecule has 4 nitrogen and oxygen atoms in total. The molecule has 1 heterocycles. The first-order chi connectivity index (χ1) is 10.5. The first-order valence-electron chi connectivity index (χ1n) is 8.19. The highest BCUT2D eigenvalue weighted by Gasteiger charge is 2.49. The summed E-state index contributed by atoms with van der Waals surface area (Å²) in [6.07, 6.45) is 1.98. The van der Waals surface area contributed by atoms with Crippen molar-refractivity contribution in [2.45, 2.75) is 51.0 Å². The first kappa shape index (κ1) is 15.9. The van der Waals surface area contributed by atoms with Gasteiger partial charge in [0.25, 0.3) is 0 Å². The first-order valence-corrected chi connectivity index (χ1v) is 8.19. The number of ether oxygens (including phenoxy) is 2. The van der Waals surface area contributed by atoms with E-state index in [-0.39, 0.29) is 11.5 Å². The van der Waals surface area contributed by atoms with Gasteiger partial charge in [0.1, 0.15) is 5.60 Å². The third-order valence-electron chi connectivity index (χ3n) is 5.23. The fraction of sp³-hybridized carbons (Fsp3) is 0.667. The lowest BCUT2D eigenvalue weighted by molar-refractivity contribution is -0.128. The molecule has 1 aromatic rings. The summed E-state index contributed by atoms with van der Waals surface area (Å²) in [5.74, 6) is 0. The lowest BCUT2D eigenvalue weighted by Gasteiger charge is -2.52. The zero-order valence-corrected chi connectivity index (χ0v) is 13.5. The Hall–Kier alpha value is -0.940. The molecule has 3 atom stereocenters. The molecule has 2 aliphatic rings. The Bertz CT molecular complexity index is 482. The van der Waals surface area contributed by atoms with Crippen molar-refractivity contribution in [3.8, 4) is 0 Å². The van der Waals surface area contributed by atoms with E-state index in [9.17, 15) is 5.11 Å². The van der Waals surface area contributed by atoms with E-state index in [2.05, 4.69) is 31.3 Å². The Kier molecular flexibility index (Phi) is 4.55. The Morgan fingerprint density at radius 1 is 1.32 bits per heavy atom. The minimum Gasteiger partial charge on any atom is -0.386 e. The topological polar surface area (TPSA) is 50.7 Å². The second-order valence-corrected chi connectivity index (χ2v) is 7.30. The number of hydrogen-bond donors (Lipinski definition) is 2. The van der Waals surface area contributed by atoms with E-state index in [1.165, 1.54) is 5.56 Å². The molecule has 1 aromatic carbocycles. The van der Waals surface area contributed by atoms with Gasteiger partial charge < -0.3 is 19.9 Å². The number of benzene rings is 1. The normalized spacial score (nSPS) is 33.6. The average molecular weight is 305 g/mol. The van der Waals surface area contributed by atoms with Gasteiger partial charge in [-0.25, -0.2) is 0 Å². The quantitative estimate of drug-likeness (QED) is 0.845. The van der Waals surface area contributed by atoms with Gasteiger partial charge in [-0.3, -0.25) is 0 Å². The highest BCUT2D eigenvalue weighted by Crippen LogP contribution is 2.43. The highest BCUT2D eigenvalue weighted by atomic mass is 16.5. The molecule has 2 N–H and O–H groups in total. The smallest absolute Gasteiger partial charge is 0.102 e. The van der Waals surface area contributed by atoms with Gasteiger partial charge in [-0.15, -0.1) is 0 Å². The zero-order chi connectivity index (χ0) is 15.6. The zero-order valence-electron chi connectivity index (χ0n) is 13.5. The van der Waals surface area contributed by atoms with E-state index in [4.69, 9.17) is 9.47 Å². The van der Waals surface area contributed by atoms with Gasteiger partial charge in [-0.05, 0) is 12.0 Å². The van der Waals surface area contributed by atoms with Crippen LogP contribution in [0.2, 0.25) is 0 Å². The molecule has 1 aliphatic heterocycles. The van der Waals surface area contributed by atoms with E-state index in [0.29, 0.717) is 32.4 Å². The van der Waals surface area contributed by atoms with Crippen LogP contribution in [0.3, 0.4) is 0 Å². The second-order valence-electron chi connectivity index (χ2n) is 7.30. The number of hydrogen-bond acceptors (Lipinski definition) is 4. The van der Waals surface area contributed by atoms with Gasteiger partial charge >= 0.3 is 0 Å². The maximum Gasteiger partial charge on any atom is 0.102 e. The van der Waals surface area contributed by atoms with Crippen molar-refractivity contribution in [2.75, 3.05) is 19.8 Å². The molecule has 4 heteroatoms. The van der Waals surface area contributed by atoms with Gasteiger partial charge in [-0.2, -0.15) is 0 Å². The Labute approximate surface area is 132 Å². The minimum atomic E-state index is -0.688. The largest absolute Gasteiger partial charge is 0.386 e. The van der Waals surface area contributed by atoms with Gasteiger partial charge in [-0.1, -0.05) is 44.2 Å². The maximum absolute atomic E-state index is 10.3. The van der Waals surface area contributed by atoms with Gasteiger partial charge in [0, 0.05) is 31.0 Å². The van der Waals surface area contributed by atoms with Crippen molar-refractivity contribution in [3.05, 3.63) is 35.9 Å². The Morgan fingerprint density at radius 3 is 2.73 bits per heavy atom. The molecule has 122 valence electrons. The van der Waals surface area contributed by atoms with Crippen LogP contribution in [-0.4, -0.2) is 42.6 Å². The van der Waals surface area contributed by atoms with Gasteiger partial charge in [0.15, 0.2) is 0 Å². The third-order valence-corrected chi connectivity index (χ3v) is 5.23. The van der Waals surface area contributed by atoms with Crippen LogP contribution in [0.4, 0.5) is 0 Å². The molecule has 1 aliphatic carbocycles. The molecular weight excluding hydrogens is 278 g/mol. The monoisotopic (exact) mass is 305 g/mol. The molecule has 0 unspecified atom stereocenters. The minimum absolute atomic E-state index is 0.0879. The fourth-order valence-electron chi connectivity index (χ4n) is 3.33. The number of rotatable bonds is 6. The lowest BCUT2D eigenvalue weighted by Crippen LogP contribution is -2.62. The summed E-state index contributed by atoms with van der Waals surface area (Å²) >= 11 is 0. The lowest BCUT2D eigenvalue weighted by atomic mass is 9.64. The summed E-state index contributed by atoms with van der Waals surface area (Å²) in [6.45, 7) is 6.85. The molecule has 2 fully saturated rings.